The van der Waals surface area contributed by atoms with Crippen LogP contribution in [0.1, 0.15) is 48.0 Å². The second-order valence-corrected chi connectivity index (χ2v) is 4.01. The van der Waals surface area contributed by atoms with Gasteiger partial charge < -0.3 is 21.1 Å². The van der Waals surface area contributed by atoms with Crippen LogP contribution < -0.4 is 11.1 Å². The van der Waals surface area contributed by atoms with Crippen LogP contribution in [0.3, 0.4) is 0 Å². The van der Waals surface area contributed by atoms with Crippen molar-refractivity contribution in [3.05, 3.63) is 0 Å². The van der Waals surface area contributed by atoms with Crippen molar-refractivity contribution in [1.29, 1.82) is 0 Å². The standard InChI is InChI=1S/C6H15N.C5H8O2.C3H7NO.CH5N.CH4O/c1-4-7(5-2)6-3;1-4(6)3-5(2)7;1-3(5)4-2;2*1-2/h4-6H2,1-3H3;3H2,1-2H3;1-2H3,(H,4,5);2H2,1H3;2H,1H3. The van der Waals surface area contributed by atoms with Gasteiger partial charge in [-0.15, -0.1) is 0 Å². The fourth-order valence-corrected chi connectivity index (χ4v) is 1.02. The summed E-state index contributed by atoms with van der Waals surface area (Å²) < 4.78 is 0. The second-order valence-electron chi connectivity index (χ2n) is 4.01. The van der Waals surface area contributed by atoms with E-state index < -0.39 is 0 Å². The zero-order valence-electron chi connectivity index (χ0n) is 16.5. The van der Waals surface area contributed by atoms with Crippen LogP contribution in [0.5, 0.6) is 0 Å². The Bertz CT molecular complexity index is 238. The van der Waals surface area contributed by atoms with Gasteiger partial charge in [0.1, 0.15) is 11.6 Å². The second kappa shape index (κ2) is 32.6. The molecule has 0 radical (unpaired) electrons. The van der Waals surface area contributed by atoms with Gasteiger partial charge in [-0.3, -0.25) is 14.4 Å². The van der Waals surface area contributed by atoms with Crippen LogP contribution in [0, 0.1) is 0 Å². The molecule has 0 aliphatic heterocycles. The molecule has 23 heavy (non-hydrogen) atoms. The number of hydrogen-bond donors (Lipinski definition) is 3. The highest BCUT2D eigenvalue weighted by molar-refractivity contribution is 5.96. The van der Waals surface area contributed by atoms with E-state index in [1.54, 1.807) is 7.05 Å². The topological polar surface area (TPSA) is 113 Å². The number of nitrogens with two attached hydrogens (primary N) is 1. The van der Waals surface area contributed by atoms with E-state index in [9.17, 15) is 14.4 Å². The first-order valence-corrected chi connectivity index (χ1v) is 7.66. The predicted octanol–water partition coefficient (Wildman–Crippen LogP) is 0.838. The molecule has 0 saturated heterocycles. The van der Waals surface area contributed by atoms with Gasteiger partial charge in [-0.25, -0.2) is 0 Å². The average Bonchev–Trinajstić information content (AvgIpc) is 2.53. The first-order chi connectivity index (χ1) is 10.7. The summed E-state index contributed by atoms with van der Waals surface area (Å²) in [4.78, 5) is 32.1. The van der Waals surface area contributed by atoms with Crippen molar-refractivity contribution in [2.24, 2.45) is 5.73 Å². The van der Waals surface area contributed by atoms with Gasteiger partial charge in [0.15, 0.2) is 0 Å². The number of carbonyl (C=O) groups is 3. The Kier molecular flexibility index (Phi) is 47.2. The van der Waals surface area contributed by atoms with Crippen molar-refractivity contribution in [2.45, 2.75) is 48.0 Å². The first-order valence-electron chi connectivity index (χ1n) is 7.66. The summed E-state index contributed by atoms with van der Waals surface area (Å²) >= 11 is 0. The lowest BCUT2D eigenvalue weighted by atomic mass is 10.2. The molecule has 0 rings (SSSR count). The van der Waals surface area contributed by atoms with Crippen molar-refractivity contribution in [1.82, 2.24) is 10.2 Å². The van der Waals surface area contributed by atoms with Gasteiger partial charge in [0.25, 0.3) is 0 Å². The molecule has 0 unspecified atom stereocenters. The summed E-state index contributed by atoms with van der Waals surface area (Å²) in [5.41, 5.74) is 4.50. The fourth-order valence-electron chi connectivity index (χ4n) is 1.02. The Hall–Kier alpha value is -1.31. The maximum Gasteiger partial charge on any atom is 0.216 e. The molecule has 7 nitrogen and oxygen atoms in total. The molecule has 4 N–H and O–H groups in total. The highest BCUT2D eigenvalue weighted by atomic mass is 16.2. The van der Waals surface area contributed by atoms with E-state index in [-0.39, 0.29) is 23.9 Å². The molecule has 0 bridgehead atoms. The molecule has 0 saturated carbocycles. The number of ketones is 2. The number of amides is 1. The molecular weight excluding hydrogens is 298 g/mol. The summed E-state index contributed by atoms with van der Waals surface area (Å²) in [6.07, 6.45) is 0.0833. The van der Waals surface area contributed by atoms with E-state index in [2.05, 4.69) is 36.7 Å². The van der Waals surface area contributed by atoms with E-state index >= 15 is 0 Å². The van der Waals surface area contributed by atoms with Gasteiger partial charge in [0.2, 0.25) is 5.91 Å². The zero-order chi connectivity index (χ0) is 19.8. The van der Waals surface area contributed by atoms with E-state index in [0.717, 1.165) is 7.11 Å². The smallest absolute Gasteiger partial charge is 0.216 e. The highest BCUT2D eigenvalue weighted by Gasteiger charge is 1.94. The molecule has 0 aliphatic rings. The third kappa shape index (κ3) is 63.2. The van der Waals surface area contributed by atoms with Crippen LogP contribution in [0.2, 0.25) is 0 Å². The molecule has 1 amide bonds. The summed E-state index contributed by atoms with van der Waals surface area (Å²) in [5, 5.41) is 9.39. The van der Waals surface area contributed by atoms with E-state index in [1.807, 2.05) is 0 Å². The van der Waals surface area contributed by atoms with E-state index in [4.69, 9.17) is 5.11 Å². The van der Waals surface area contributed by atoms with Crippen LogP contribution in [-0.2, 0) is 14.4 Å². The Morgan fingerprint density at radius 1 is 0.870 bits per heavy atom. The van der Waals surface area contributed by atoms with Gasteiger partial charge in [0.05, 0.1) is 6.42 Å². The molecule has 0 aromatic carbocycles. The monoisotopic (exact) mass is 337 g/mol. The van der Waals surface area contributed by atoms with Gasteiger partial charge >= 0.3 is 0 Å². The molecule has 0 fully saturated rings. The minimum Gasteiger partial charge on any atom is -0.400 e. The average molecular weight is 338 g/mol. The number of carbonyl (C=O) groups excluding carboxylic acids is 3. The number of aliphatic hydroxyl groups excluding tert-OH is 1. The number of Topliss-reactive ketones (excluding diaryl/α,β-unsaturated/α-hetero) is 2. The van der Waals surface area contributed by atoms with Crippen molar-refractivity contribution < 1.29 is 19.5 Å². The molecular formula is C16H39N3O4. The van der Waals surface area contributed by atoms with Crippen LogP contribution in [-0.4, -0.2) is 68.3 Å². The SMILES string of the molecule is CC(=O)CC(C)=O.CCN(CC)CC.CN.CNC(C)=O.CO. The van der Waals surface area contributed by atoms with Crippen LogP contribution in [0.25, 0.3) is 0 Å². The van der Waals surface area contributed by atoms with Crippen molar-refractivity contribution in [3.63, 3.8) is 0 Å². The maximum atomic E-state index is 10.0. The van der Waals surface area contributed by atoms with Crippen LogP contribution in [0.4, 0.5) is 0 Å². The summed E-state index contributed by atoms with van der Waals surface area (Å²) in [6.45, 7) is 14.4. The molecule has 7 heteroatoms. The largest absolute Gasteiger partial charge is 0.400 e. The number of nitrogens with one attached hydrogen (secondary N) is 1. The quantitative estimate of drug-likeness (QED) is 0.641. The lowest BCUT2D eigenvalue weighted by Crippen LogP contribution is -2.21. The lowest BCUT2D eigenvalue weighted by Gasteiger charge is -2.13. The van der Waals surface area contributed by atoms with Gasteiger partial charge in [-0.1, -0.05) is 20.8 Å². The molecule has 0 atom stereocenters. The Labute approximate surface area is 142 Å². The summed E-state index contributed by atoms with van der Waals surface area (Å²) in [6, 6.07) is 0. The predicted molar refractivity (Wildman–Crippen MR) is 97.4 cm³/mol. The number of hydrogen-bond acceptors (Lipinski definition) is 6. The van der Waals surface area contributed by atoms with Crippen LogP contribution >= 0.6 is 0 Å². The lowest BCUT2D eigenvalue weighted by molar-refractivity contribution is -0.124. The minimum absolute atomic E-state index is 0.00463. The van der Waals surface area contributed by atoms with E-state index in [0.29, 0.717) is 0 Å². The van der Waals surface area contributed by atoms with Crippen molar-refractivity contribution in [2.75, 3.05) is 40.8 Å². The third-order valence-electron chi connectivity index (χ3n) is 2.19. The van der Waals surface area contributed by atoms with Gasteiger partial charge in [-0.05, 0) is 40.5 Å². The fraction of sp³-hybridized carbons (Fsp3) is 0.812. The Morgan fingerprint density at radius 2 is 1.09 bits per heavy atom. The first kappa shape index (κ1) is 33.3. The number of nitrogens with zero attached hydrogens (tertiary/aromatic N) is 1. The maximum absolute atomic E-state index is 10.0. The third-order valence-corrected chi connectivity index (χ3v) is 2.19. The molecule has 0 aliphatic carbocycles. The molecule has 0 heterocycles. The Balaban J connectivity index is -0.0000000640. The highest BCUT2D eigenvalue weighted by Crippen LogP contribution is 1.81. The van der Waals surface area contributed by atoms with E-state index in [1.165, 1.54) is 47.5 Å². The van der Waals surface area contributed by atoms with Crippen molar-refractivity contribution in [3.8, 4) is 0 Å². The number of rotatable bonds is 5. The molecule has 142 valence electrons. The zero-order valence-corrected chi connectivity index (χ0v) is 16.5. The van der Waals surface area contributed by atoms with Crippen LogP contribution in [0.15, 0.2) is 0 Å². The van der Waals surface area contributed by atoms with Crippen molar-refractivity contribution >= 4 is 17.5 Å². The normalized spacial score (nSPS) is 7.65. The molecule has 0 aromatic rings. The Morgan fingerprint density at radius 3 is 1.09 bits per heavy atom. The molecule has 0 spiro atoms. The van der Waals surface area contributed by atoms with Gasteiger partial charge in [-0.2, -0.15) is 0 Å². The van der Waals surface area contributed by atoms with Gasteiger partial charge in [0, 0.05) is 21.1 Å². The summed E-state index contributed by atoms with van der Waals surface area (Å²) in [7, 11) is 4.10. The summed E-state index contributed by atoms with van der Waals surface area (Å²) in [5.74, 6) is -0.120. The minimum atomic E-state index is -0.0625. The molecule has 0 aromatic heterocycles. The number of aliphatic hydroxyl groups is 1.